The summed E-state index contributed by atoms with van der Waals surface area (Å²) in [4.78, 5) is 44.7. The summed E-state index contributed by atoms with van der Waals surface area (Å²) in [6, 6.07) is 9.56. The molecule has 0 radical (unpaired) electrons. The van der Waals surface area contributed by atoms with Crippen molar-refractivity contribution >= 4 is 11.9 Å². The molecule has 0 aliphatic rings. The van der Waals surface area contributed by atoms with Crippen LogP contribution in [-0.2, 0) is 16.1 Å². The molecule has 1 aromatic carbocycles. The van der Waals surface area contributed by atoms with Crippen LogP contribution in [0, 0.1) is 19.8 Å². The monoisotopic (exact) mass is 518 g/mol. The van der Waals surface area contributed by atoms with Gasteiger partial charge in [-0.15, -0.1) is 0 Å². The van der Waals surface area contributed by atoms with E-state index in [0.717, 1.165) is 27.8 Å². The number of hydrogen-bond donors (Lipinski definition) is 2. The highest BCUT2D eigenvalue weighted by Crippen LogP contribution is 2.29. The van der Waals surface area contributed by atoms with Crippen LogP contribution in [0.1, 0.15) is 61.0 Å². The molecule has 0 fully saturated rings. The largest absolute Gasteiger partial charge is 0.481 e. The molecular formula is C30H38N4O4. The third-order valence-corrected chi connectivity index (χ3v) is 6.46. The van der Waals surface area contributed by atoms with Gasteiger partial charge in [0.05, 0.1) is 12.5 Å². The predicted octanol–water partition coefficient (Wildman–Crippen LogP) is 4.51. The van der Waals surface area contributed by atoms with Crippen LogP contribution >= 0.6 is 0 Å². The summed E-state index contributed by atoms with van der Waals surface area (Å²) in [5.41, 5.74) is 5.27. The fourth-order valence-corrected chi connectivity index (χ4v) is 4.79. The molecule has 38 heavy (non-hydrogen) atoms. The highest BCUT2D eigenvalue weighted by atomic mass is 16.4. The maximum atomic E-state index is 13.7. The number of nitrogens with zero attached hydrogens (tertiary/aromatic N) is 3. The van der Waals surface area contributed by atoms with Gasteiger partial charge < -0.3 is 19.9 Å². The van der Waals surface area contributed by atoms with E-state index in [1.165, 1.54) is 10.6 Å². The summed E-state index contributed by atoms with van der Waals surface area (Å²) >= 11 is 0. The van der Waals surface area contributed by atoms with E-state index in [-0.39, 0.29) is 17.9 Å². The van der Waals surface area contributed by atoms with Crippen LogP contribution in [0.25, 0.3) is 11.1 Å². The fourth-order valence-electron chi connectivity index (χ4n) is 4.79. The number of carboxylic acid groups (broad SMARTS) is 1. The van der Waals surface area contributed by atoms with E-state index >= 15 is 0 Å². The predicted molar refractivity (Wildman–Crippen MR) is 149 cm³/mol. The molecule has 3 aromatic rings. The molecule has 8 nitrogen and oxygen atoms in total. The molecule has 0 saturated carbocycles. The standard InChI is InChI=1S/C30H38N4O4/c1-19(2)12-26(34-18-22(17-33(5)6)10-11-27(34)35)30(38)32-25(14-28(36)37)23-13-24(16-31-15-23)29-20(3)8-7-9-21(29)4/h7-11,13,15-16,18-19,25-26H,12,14,17H2,1-6H3,(H,32,38)(H,36,37)/t25-,26+/m0/s1. The number of carbonyl (C=O) groups excluding carboxylic acids is 1. The van der Waals surface area contributed by atoms with Crippen LogP contribution in [0.4, 0.5) is 0 Å². The maximum Gasteiger partial charge on any atom is 0.305 e. The second-order valence-corrected chi connectivity index (χ2v) is 10.6. The number of amides is 1. The Hall–Kier alpha value is -3.78. The lowest BCUT2D eigenvalue weighted by molar-refractivity contribution is -0.138. The zero-order valence-corrected chi connectivity index (χ0v) is 23.1. The first kappa shape index (κ1) is 28.8. The highest BCUT2D eigenvalue weighted by molar-refractivity contribution is 5.82. The smallest absolute Gasteiger partial charge is 0.305 e. The van der Waals surface area contributed by atoms with E-state index in [9.17, 15) is 19.5 Å². The molecule has 2 N–H and O–H groups in total. The number of hydrogen-bond acceptors (Lipinski definition) is 5. The van der Waals surface area contributed by atoms with E-state index in [1.807, 2.05) is 71.0 Å². The van der Waals surface area contributed by atoms with Gasteiger partial charge in [-0.25, -0.2) is 0 Å². The minimum atomic E-state index is -1.04. The molecule has 1 amide bonds. The Morgan fingerprint density at radius 2 is 1.76 bits per heavy atom. The van der Waals surface area contributed by atoms with E-state index in [4.69, 9.17) is 0 Å². The first-order valence-corrected chi connectivity index (χ1v) is 12.9. The molecule has 0 saturated heterocycles. The van der Waals surface area contributed by atoms with Crippen molar-refractivity contribution in [2.75, 3.05) is 14.1 Å². The number of aliphatic carboxylic acids is 1. The maximum absolute atomic E-state index is 13.7. The molecule has 0 aliphatic carbocycles. The molecule has 0 aliphatic heterocycles. The number of carboxylic acids is 1. The van der Waals surface area contributed by atoms with Crippen molar-refractivity contribution in [3.8, 4) is 11.1 Å². The molecule has 0 spiro atoms. The Morgan fingerprint density at radius 3 is 2.37 bits per heavy atom. The second kappa shape index (κ2) is 12.6. The van der Waals surface area contributed by atoms with Crippen LogP contribution in [0.15, 0.2) is 59.8 Å². The summed E-state index contributed by atoms with van der Waals surface area (Å²) in [6.45, 7) is 8.63. The van der Waals surface area contributed by atoms with Gasteiger partial charge in [0.25, 0.3) is 5.56 Å². The average molecular weight is 519 g/mol. The van der Waals surface area contributed by atoms with Crippen LogP contribution in [0.2, 0.25) is 0 Å². The van der Waals surface area contributed by atoms with Crippen molar-refractivity contribution in [1.29, 1.82) is 0 Å². The minimum absolute atomic E-state index is 0.127. The number of aryl methyl sites for hydroxylation is 2. The minimum Gasteiger partial charge on any atom is -0.481 e. The Balaban J connectivity index is 1.99. The topological polar surface area (TPSA) is 105 Å². The van der Waals surface area contributed by atoms with Crippen molar-refractivity contribution in [3.63, 3.8) is 0 Å². The summed E-state index contributed by atoms with van der Waals surface area (Å²) in [5, 5.41) is 12.6. The number of pyridine rings is 2. The van der Waals surface area contributed by atoms with Crippen molar-refractivity contribution in [1.82, 2.24) is 19.8 Å². The van der Waals surface area contributed by atoms with E-state index in [2.05, 4.69) is 10.3 Å². The van der Waals surface area contributed by atoms with Crippen molar-refractivity contribution < 1.29 is 14.7 Å². The molecule has 8 heteroatoms. The first-order chi connectivity index (χ1) is 18.0. The van der Waals surface area contributed by atoms with Gasteiger partial charge in [0.15, 0.2) is 0 Å². The molecule has 0 bridgehead atoms. The molecule has 0 unspecified atom stereocenters. The van der Waals surface area contributed by atoms with Gasteiger partial charge in [-0.05, 0) is 74.2 Å². The Kier molecular flexibility index (Phi) is 9.58. The van der Waals surface area contributed by atoms with Gasteiger partial charge in [0.2, 0.25) is 5.91 Å². The third kappa shape index (κ3) is 7.38. The molecule has 2 heterocycles. The number of benzene rings is 1. The van der Waals surface area contributed by atoms with Crippen LogP contribution in [0.5, 0.6) is 0 Å². The van der Waals surface area contributed by atoms with Crippen molar-refractivity contribution in [3.05, 3.63) is 87.6 Å². The summed E-state index contributed by atoms with van der Waals surface area (Å²) in [7, 11) is 3.87. The average Bonchev–Trinajstić information content (AvgIpc) is 2.83. The van der Waals surface area contributed by atoms with E-state index in [0.29, 0.717) is 18.5 Å². The zero-order valence-electron chi connectivity index (χ0n) is 23.1. The second-order valence-electron chi connectivity index (χ2n) is 10.6. The zero-order chi connectivity index (χ0) is 28.0. The third-order valence-electron chi connectivity index (χ3n) is 6.46. The van der Waals surface area contributed by atoms with E-state index < -0.39 is 24.0 Å². The van der Waals surface area contributed by atoms with Crippen molar-refractivity contribution in [2.24, 2.45) is 5.92 Å². The molecule has 2 atom stereocenters. The first-order valence-electron chi connectivity index (χ1n) is 12.9. The number of carbonyl (C=O) groups is 2. The Bertz CT molecular complexity index is 1330. The fraction of sp³-hybridized carbons (Fsp3) is 0.400. The van der Waals surface area contributed by atoms with Gasteiger partial charge in [0, 0.05) is 36.8 Å². The Labute approximate surface area is 224 Å². The van der Waals surface area contributed by atoms with Crippen molar-refractivity contribution in [2.45, 2.75) is 59.2 Å². The normalized spacial score (nSPS) is 12.9. The van der Waals surface area contributed by atoms with Crippen LogP contribution in [-0.4, -0.2) is 45.5 Å². The molecule has 202 valence electrons. The van der Waals surface area contributed by atoms with Crippen LogP contribution in [0.3, 0.4) is 0 Å². The lowest BCUT2D eigenvalue weighted by atomic mass is 9.94. The number of nitrogens with one attached hydrogen (secondary N) is 1. The molecule has 3 rings (SSSR count). The summed E-state index contributed by atoms with van der Waals surface area (Å²) < 4.78 is 1.47. The summed E-state index contributed by atoms with van der Waals surface area (Å²) in [5.74, 6) is -1.31. The number of aromatic nitrogens is 2. The lowest BCUT2D eigenvalue weighted by Crippen LogP contribution is -2.40. The Morgan fingerprint density at radius 1 is 1.08 bits per heavy atom. The van der Waals surface area contributed by atoms with Gasteiger partial charge in [-0.2, -0.15) is 0 Å². The number of rotatable bonds is 11. The summed E-state index contributed by atoms with van der Waals surface area (Å²) in [6.07, 6.45) is 5.18. The van der Waals surface area contributed by atoms with Gasteiger partial charge in [-0.1, -0.05) is 38.1 Å². The molecule has 2 aromatic heterocycles. The lowest BCUT2D eigenvalue weighted by Gasteiger charge is -2.25. The quantitative estimate of drug-likeness (QED) is 0.387. The van der Waals surface area contributed by atoms with Gasteiger partial charge in [-0.3, -0.25) is 19.4 Å². The van der Waals surface area contributed by atoms with E-state index in [1.54, 1.807) is 24.7 Å². The van der Waals surface area contributed by atoms with Gasteiger partial charge in [0.1, 0.15) is 6.04 Å². The van der Waals surface area contributed by atoms with Gasteiger partial charge >= 0.3 is 5.97 Å². The molecular weight excluding hydrogens is 480 g/mol. The van der Waals surface area contributed by atoms with Crippen LogP contribution < -0.4 is 10.9 Å². The highest BCUT2D eigenvalue weighted by Gasteiger charge is 2.27. The SMILES string of the molecule is Cc1cccc(C)c1-c1cncc([C@H](CC(=O)O)NC(=O)[C@@H](CC(C)C)n2cc(CN(C)C)ccc2=O)c1.